The van der Waals surface area contributed by atoms with Crippen LogP contribution >= 0.6 is 0 Å². The Morgan fingerprint density at radius 3 is 2.11 bits per heavy atom. The lowest BCUT2D eigenvalue weighted by molar-refractivity contribution is 0.102. The van der Waals surface area contributed by atoms with Crippen LogP contribution in [0.15, 0.2) is 48.5 Å². The Kier molecular flexibility index (Phi) is 5.59. The predicted molar refractivity (Wildman–Crippen MR) is 115 cm³/mol. The summed E-state index contributed by atoms with van der Waals surface area (Å²) in [5.74, 6) is 0.847. The van der Waals surface area contributed by atoms with Crippen molar-refractivity contribution < 1.29 is 4.79 Å². The van der Waals surface area contributed by atoms with Crippen molar-refractivity contribution in [3.8, 4) is 0 Å². The highest BCUT2D eigenvalue weighted by Crippen LogP contribution is 2.20. The first-order valence-corrected chi connectivity index (χ1v) is 9.10. The summed E-state index contributed by atoms with van der Waals surface area (Å²) in [6.45, 7) is 5.86. The molecule has 1 heterocycles. The summed E-state index contributed by atoms with van der Waals surface area (Å²) >= 11 is 0. The number of aryl methyl sites for hydroxylation is 3. The van der Waals surface area contributed by atoms with Crippen LogP contribution in [0.3, 0.4) is 0 Å². The predicted octanol–water partition coefficient (Wildman–Crippen LogP) is 4.46. The molecule has 2 N–H and O–H groups in total. The Labute approximate surface area is 165 Å². The highest BCUT2D eigenvalue weighted by atomic mass is 16.1. The third-order valence-corrected chi connectivity index (χ3v) is 4.21. The van der Waals surface area contributed by atoms with E-state index in [0.29, 0.717) is 17.3 Å². The molecule has 1 aromatic heterocycles. The Balaban J connectivity index is 1.79. The van der Waals surface area contributed by atoms with Crippen LogP contribution in [0.25, 0.3) is 0 Å². The van der Waals surface area contributed by atoms with E-state index in [1.807, 2.05) is 69.2 Å². The minimum atomic E-state index is -0.272. The number of carbonyl (C=O) groups is 1. The minimum Gasteiger partial charge on any atom is -0.378 e. The van der Waals surface area contributed by atoms with Crippen LogP contribution in [0.4, 0.5) is 22.9 Å². The van der Waals surface area contributed by atoms with Crippen molar-refractivity contribution in [3.05, 3.63) is 71.2 Å². The molecular weight excluding hydrogens is 350 g/mol. The largest absolute Gasteiger partial charge is 0.378 e. The molecule has 28 heavy (non-hydrogen) atoms. The van der Waals surface area contributed by atoms with Gasteiger partial charge in [0.25, 0.3) is 5.91 Å². The summed E-state index contributed by atoms with van der Waals surface area (Å²) in [7, 11) is 3.95. The molecule has 0 spiro atoms. The van der Waals surface area contributed by atoms with Gasteiger partial charge in [0.2, 0.25) is 0 Å². The second-order valence-corrected chi connectivity index (χ2v) is 7.08. The summed E-state index contributed by atoms with van der Waals surface area (Å²) in [5, 5.41) is 6.15. The van der Waals surface area contributed by atoms with Crippen LogP contribution in [-0.4, -0.2) is 30.0 Å². The Hall–Kier alpha value is -3.41. The quantitative estimate of drug-likeness (QED) is 0.689. The molecule has 0 saturated heterocycles. The molecule has 144 valence electrons. The maximum Gasteiger partial charge on any atom is 0.274 e. The fourth-order valence-corrected chi connectivity index (χ4v) is 2.98. The number of aromatic nitrogens is 2. The molecule has 0 aliphatic carbocycles. The van der Waals surface area contributed by atoms with Gasteiger partial charge < -0.3 is 15.5 Å². The second-order valence-electron chi connectivity index (χ2n) is 7.08. The van der Waals surface area contributed by atoms with E-state index in [0.717, 1.165) is 28.2 Å². The van der Waals surface area contributed by atoms with Gasteiger partial charge in [-0.2, -0.15) is 0 Å². The maximum atomic E-state index is 12.7. The number of anilines is 4. The van der Waals surface area contributed by atoms with Crippen LogP contribution in [0.2, 0.25) is 0 Å². The van der Waals surface area contributed by atoms with Crippen LogP contribution < -0.4 is 15.5 Å². The molecule has 0 bridgehead atoms. The van der Waals surface area contributed by atoms with Crippen LogP contribution in [-0.2, 0) is 0 Å². The van der Waals surface area contributed by atoms with E-state index in [9.17, 15) is 4.79 Å². The van der Waals surface area contributed by atoms with Gasteiger partial charge in [-0.25, -0.2) is 9.97 Å². The van der Waals surface area contributed by atoms with Crippen LogP contribution in [0, 0.1) is 20.8 Å². The topological polar surface area (TPSA) is 70.2 Å². The molecule has 0 atom stereocenters. The van der Waals surface area contributed by atoms with Crippen LogP contribution in [0.5, 0.6) is 0 Å². The van der Waals surface area contributed by atoms with Gasteiger partial charge in [0.05, 0.1) is 0 Å². The van der Waals surface area contributed by atoms with Crippen molar-refractivity contribution >= 4 is 28.8 Å². The summed E-state index contributed by atoms with van der Waals surface area (Å²) < 4.78 is 0. The summed E-state index contributed by atoms with van der Waals surface area (Å²) in [5.41, 5.74) is 5.35. The summed E-state index contributed by atoms with van der Waals surface area (Å²) in [4.78, 5) is 23.3. The average Bonchev–Trinajstić information content (AvgIpc) is 2.60. The zero-order valence-electron chi connectivity index (χ0n) is 16.9. The van der Waals surface area contributed by atoms with Crippen molar-refractivity contribution in [2.75, 3.05) is 29.6 Å². The number of carbonyl (C=O) groups excluding carboxylic acids is 1. The number of rotatable bonds is 5. The second kappa shape index (κ2) is 8.08. The number of nitrogens with one attached hydrogen (secondary N) is 2. The first-order valence-electron chi connectivity index (χ1n) is 9.10. The zero-order chi connectivity index (χ0) is 20.3. The standard InChI is InChI=1S/C22H25N5O/c1-14-10-15(2)12-18(11-14)25-21-13-20(23-16(3)24-21)22(28)26-17-6-8-19(9-7-17)27(4)5/h6-13H,1-5H3,(H,26,28)(H,23,24,25). The molecule has 0 radical (unpaired) electrons. The third kappa shape index (κ3) is 4.85. The van der Waals surface area contributed by atoms with Gasteiger partial charge >= 0.3 is 0 Å². The average molecular weight is 375 g/mol. The maximum absolute atomic E-state index is 12.7. The highest BCUT2D eigenvalue weighted by molar-refractivity contribution is 6.03. The van der Waals surface area contributed by atoms with Gasteiger partial charge in [0, 0.05) is 37.2 Å². The molecule has 0 fully saturated rings. The first kappa shape index (κ1) is 19.4. The van der Waals surface area contributed by atoms with Gasteiger partial charge in [-0.05, 0) is 68.3 Å². The number of amides is 1. The fourth-order valence-electron chi connectivity index (χ4n) is 2.98. The number of nitrogens with zero attached hydrogens (tertiary/aromatic N) is 3. The monoisotopic (exact) mass is 375 g/mol. The fraction of sp³-hybridized carbons (Fsp3) is 0.227. The van der Waals surface area contributed by atoms with Gasteiger partial charge in [-0.3, -0.25) is 4.79 Å². The zero-order valence-corrected chi connectivity index (χ0v) is 16.9. The lowest BCUT2D eigenvalue weighted by atomic mass is 10.1. The molecule has 6 nitrogen and oxygen atoms in total. The van der Waals surface area contributed by atoms with Crippen molar-refractivity contribution in [1.82, 2.24) is 9.97 Å². The third-order valence-electron chi connectivity index (χ3n) is 4.21. The van der Waals surface area contributed by atoms with Gasteiger partial charge in [-0.1, -0.05) is 6.07 Å². The molecule has 2 aromatic carbocycles. The number of hydrogen-bond donors (Lipinski definition) is 2. The Bertz CT molecular complexity index is 976. The molecule has 1 amide bonds. The van der Waals surface area contributed by atoms with E-state index in [-0.39, 0.29) is 5.91 Å². The first-order chi connectivity index (χ1) is 13.3. The minimum absolute atomic E-state index is 0.272. The van der Waals surface area contributed by atoms with Crippen molar-refractivity contribution in [2.45, 2.75) is 20.8 Å². The van der Waals surface area contributed by atoms with E-state index in [1.165, 1.54) is 0 Å². The molecule has 0 aliphatic heterocycles. The van der Waals surface area contributed by atoms with Crippen molar-refractivity contribution in [1.29, 1.82) is 0 Å². The molecular formula is C22H25N5O. The van der Waals surface area contributed by atoms with E-state index < -0.39 is 0 Å². The lowest BCUT2D eigenvalue weighted by Gasteiger charge is -2.13. The number of hydrogen-bond acceptors (Lipinski definition) is 5. The normalized spacial score (nSPS) is 10.5. The van der Waals surface area contributed by atoms with Gasteiger partial charge in [0.1, 0.15) is 17.3 Å². The van der Waals surface area contributed by atoms with Gasteiger partial charge in [-0.15, -0.1) is 0 Å². The molecule has 0 saturated carbocycles. The number of benzene rings is 2. The molecule has 3 rings (SSSR count). The van der Waals surface area contributed by atoms with E-state index >= 15 is 0 Å². The van der Waals surface area contributed by atoms with Crippen LogP contribution in [0.1, 0.15) is 27.4 Å². The van der Waals surface area contributed by atoms with E-state index in [2.05, 4.69) is 26.7 Å². The van der Waals surface area contributed by atoms with Crippen molar-refractivity contribution in [2.24, 2.45) is 0 Å². The van der Waals surface area contributed by atoms with E-state index in [4.69, 9.17) is 0 Å². The van der Waals surface area contributed by atoms with E-state index in [1.54, 1.807) is 13.0 Å². The lowest BCUT2D eigenvalue weighted by Crippen LogP contribution is -2.15. The van der Waals surface area contributed by atoms with Gasteiger partial charge in [0.15, 0.2) is 0 Å². The molecule has 0 aliphatic rings. The smallest absolute Gasteiger partial charge is 0.274 e. The molecule has 3 aromatic rings. The summed E-state index contributed by atoms with van der Waals surface area (Å²) in [6.07, 6.45) is 0. The summed E-state index contributed by atoms with van der Waals surface area (Å²) in [6, 6.07) is 15.5. The van der Waals surface area contributed by atoms with Crippen molar-refractivity contribution in [3.63, 3.8) is 0 Å². The molecule has 0 unspecified atom stereocenters. The highest BCUT2D eigenvalue weighted by Gasteiger charge is 2.12. The SMILES string of the molecule is Cc1cc(C)cc(Nc2cc(C(=O)Nc3ccc(N(C)C)cc3)nc(C)n2)c1. The Morgan fingerprint density at radius 1 is 0.857 bits per heavy atom. The molecule has 6 heteroatoms. The Morgan fingerprint density at radius 2 is 1.50 bits per heavy atom.